The maximum atomic E-state index is 13.4. The molecule has 1 aliphatic rings. The molecule has 4 rings (SSSR count). The molecule has 1 aromatic heterocycles. The van der Waals surface area contributed by atoms with Gasteiger partial charge in [-0.3, -0.25) is 0 Å². The number of halogens is 1. The summed E-state index contributed by atoms with van der Waals surface area (Å²) < 4.78 is 29.8. The van der Waals surface area contributed by atoms with Gasteiger partial charge in [-0.25, -0.2) is 4.39 Å². The van der Waals surface area contributed by atoms with Gasteiger partial charge < -0.3 is 23.8 Å². The summed E-state index contributed by atoms with van der Waals surface area (Å²) in [7, 11) is 1.64. The van der Waals surface area contributed by atoms with Crippen molar-refractivity contribution in [1.29, 1.82) is 0 Å². The van der Waals surface area contributed by atoms with E-state index in [0.717, 1.165) is 43.1 Å². The Bertz CT molecular complexity index is 935. The summed E-state index contributed by atoms with van der Waals surface area (Å²) in [5, 5.41) is 4.98. The number of aromatic nitrogens is 1. The molecular weight excluding hydrogens is 349 g/mol. The maximum Gasteiger partial charge on any atom is 0.184 e. The highest BCUT2D eigenvalue weighted by atomic mass is 19.1. The Morgan fingerprint density at radius 2 is 1.96 bits per heavy atom. The van der Waals surface area contributed by atoms with Crippen molar-refractivity contribution >= 4 is 22.5 Å². The first kappa shape index (κ1) is 17.5. The summed E-state index contributed by atoms with van der Waals surface area (Å²) in [5.41, 5.74) is 1.46. The van der Waals surface area contributed by atoms with Gasteiger partial charge in [0.15, 0.2) is 22.9 Å². The number of piperazine rings is 1. The van der Waals surface area contributed by atoms with Gasteiger partial charge in [0.25, 0.3) is 0 Å². The first-order valence-corrected chi connectivity index (χ1v) is 8.97. The molecule has 2 aromatic carbocycles. The quantitative estimate of drug-likeness (QED) is 0.685. The predicted molar refractivity (Wildman–Crippen MR) is 101 cm³/mol. The summed E-state index contributed by atoms with van der Waals surface area (Å²) in [5.74, 6) is 1.76. The van der Waals surface area contributed by atoms with Crippen LogP contribution in [0.1, 0.15) is 6.92 Å². The largest absolute Gasteiger partial charge is 0.491 e. The van der Waals surface area contributed by atoms with Crippen molar-refractivity contribution in [1.82, 2.24) is 5.16 Å². The van der Waals surface area contributed by atoms with Gasteiger partial charge >= 0.3 is 0 Å². The van der Waals surface area contributed by atoms with E-state index in [-0.39, 0.29) is 5.82 Å². The monoisotopic (exact) mass is 370 g/mol. The first-order valence-electron chi connectivity index (χ1n) is 8.97. The zero-order chi connectivity index (χ0) is 18.8. The minimum atomic E-state index is -0.326. The van der Waals surface area contributed by atoms with Gasteiger partial charge in [0, 0.05) is 38.3 Å². The van der Waals surface area contributed by atoms with E-state index < -0.39 is 0 Å². The Hall–Kier alpha value is -2.96. The second-order valence-electron chi connectivity index (χ2n) is 6.28. The lowest BCUT2D eigenvalue weighted by atomic mass is 10.2. The van der Waals surface area contributed by atoms with Gasteiger partial charge in [0.05, 0.1) is 24.8 Å². The SMILES string of the molecule is CCOc1[c]ccc(N2CCN(c3noc4cc(F)ccc34)CC2)c1OC. The van der Waals surface area contributed by atoms with Crippen LogP contribution in [0.4, 0.5) is 15.9 Å². The van der Waals surface area contributed by atoms with Crippen molar-refractivity contribution in [3.8, 4) is 11.5 Å². The Kier molecular flexibility index (Phi) is 4.75. The number of nitrogens with zero attached hydrogens (tertiary/aromatic N) is 3. The van der Waals surface area contributed by atoms with Crippen LogP contribution in [-0.2, 0) is 0 Å². The number of rotatable bonds is 5. The van der Waals surface area contributed by atoms with E-state index in [1.807, 2.05) is 19.1 Å². The molecule has 0 unspecified atom stereocenters. The van der Waals surface area contributed by atoms with Gasteiger partial charge in [0.2, 0.25) is 0 Å². The molecule has 0 bridgehead atoms. The highest BCUT2D eigenvalue weighted by Crippen LogP contribution is 2.38. The van der Waals surface area contributed by atoms with Crippen LogP contribution in [0.25, 0.3) is 11.0 Å². The molecule has 0 spiro atoms. The second-order valence-corrected chi connectivity index (χ2v) is 6.28. The van der Waals surface area contributed by atoms with Crippen LogP contribution in [0, 0.1) is 11.9 Å². The average molecular weight is 370 g/mol. The highest BCUT2D eigenvalue weighted by molar-refractivity contribution is 5.88. The third kappa shape index (κ3) is 3.25. The Morgan fingerprint density at radius 1 is 1.19 bits per heavy atom. The molecule has 0 N–H and O–H groups in total. The molecular formula is C20H21FN3O3. The third-order valence-electron chi connectivity index (χ3n) is 4.72. The van der Waals surface area contributed by atoms with Crippen LogP contribution in [0.15, 0.2) is 34.9 Å². The molecule has 1 radical (unpaired) electrons. The summed E-state index contributed by atoms with van der Waals surface area (Å²) in [6.07, 6.45) is 0. The molecule has 27 heavy (non-hydrogen) atoms. The smallest absolute Gasteiger partial charge is 0.184 e. The molecule has 0 aliphatic carbocycles. The molecule has 0 saturated carbocycles. The van der Waals surface area contributed by atoms with Gasteiger partial charge in [-0.2, -0.15) is 0 Å². The van der Waals surface area contributed by atoms with Crippen molar-refractivity contribution in [2.45, 2.75) is 6.92 Å². The van der Waals surface area contributed by atoms with Gasteiger partial charge in [-0.15, -0.1) is 0 Å². The van der Waals surface area contributed by atoms with E-state index in [4.69, 9.17) is 14.0 Å². The summed E-state index contributed by atoms with van der Waals surface area (Å²) >= 11 is 0. The Labute approximate surface area is 157 Å². The van der Waals surface area contributed by atoms with E-state index in [9.17, 15) is 4.39 Å². The van der Waals surface area contributed by atoms with E-state index >= 15 is 0 Å². The first-order chi connectivity index (χ1) is 13.2. The van der Waals surface area contributed by atoms with E-state index in [1.165, 1.54) is 12.1 Å². The molecule has 1 saturated heterocycles. The van der Waals surface area contributed by atoms with Crippen molar-refractivity contribution in [2.75, 3.05) is 49.7 Å². The lowest BCUT2D eigenvalue weighted by Crippen LogP contribution is -2.46. The number of anilines is 2. The third-order valence-corrected chi connectivity index (χ3v) is 4.72. The van der Waals surface area contributed by atoms with Gasteiger partial charge in [0.1, 0.15) is 5.82 Å². The minimum Gasteiger partial charge on any atom is -0.491 e. The van der Waals surface area contributed by atoms with Gasteiger partial charge in [-0.1, -0.05) is 5.16 Å². The summed E-state index contributed by atoms with van der Waals surface area (Å²) in [6.45, 7) is 5.62. The Balaban J connectivity index is 1.53. The standard InChI is InChI=1S/C20H21FN3O3/c1-3-26-17-6-4-5-16(19(17)25-2)23-9-11-24(12-10-23)20-15-8-7-14(21)13-18(15)27-22-20/h4-5,7-8,13H,3,9-12H2,1-2H3. The lowest BCUT2D eigenvalue weighted by Gasteiger charge is -2.36. The molecule has 1 fully saturated rings. The average Bonchev–Trinajstić information content (AvgIpc) is 3.11. The summed E-state index contributed by atoms with van der Waals surface area (Å²) in [6, 6.07) is 11.4. The topological polar surface area (TPSA) is 51.0 Å². The number of methoxy groups -OCH3 is 1. The zero-order valence-electron chi connectivity index (χ0n) is 15.4. The number of hydrogen-bond acceptors (Lipinski definition) is 6. The Morgan fingerprint density at radius 3 is 2.70 bits per heavy atom. The molecule has 1 aliphatic heterocycles. The molecule has 0 atom stereocenters. The van der Waals surface area contributed by atoms with Crippen molar-refractivity contribution in [3.63, 3.8) is 0 Å². The van der Waals surface area contributed by atoms with Crippen LogP contribution < -0.4 is 19.3 Å². The van der Waals surface area contributed by atoms with Crippen LogP contribution in [0.3, 0.4) is 0 Å². The fourth-order valence-corrected chi connectivity index (χ4v) is 3.44. The fraction of sp³-hybridized carbons (Fsp3) is 0.350. The van der Waals surface area contributed by atoms with Crippen molar-refractivity contribution in [3.05, 3.63) is 42.2 Å². The molecule has 7 heteroatoms. The number of ether oxygens (including phenoxy) is 2. The molecule has 2 heterocycles. The molecule has 141 valence electrons. The van der Waals surface area contributed by atoms with Crippen molar-refractivity contribution < 1.29 is 18.4 Å². The van der Waals surface area contributed by atoms with Crippen LogP contribution in [-0.4, -0.2) is 45.1 Å². The molecule has 3 aromatic rings. The van der Waals surface area contributed by atoms with Gasteiger partial charge in [-0.05, 0) is 31.2 Å². The van der Waals surface area contributed by atoms with Crippen LogP contribution in [0.5, 0.6) is 11.5 Å². The second kappa shape index (κ2) is 7.34. The summed E-state index contributed by atoms with van der Waals surface area (Å²) in [4.78, 5) is 4.42. The van der Waals surface area contributed by atoms with Crippen LogP contribution >= 0.6 is 0 Å². The van der Waals surface area contributed by atoms with E-state index in [2.05, 4.69) is 21.0 Å². The normalized spacial score (nSPS) is 14.6. The zero-order valence-corrected chi connectivity index (χ0v) is 15.4. The highest BCUT2D eigenvalue weighted by Gasteiger charge is 2.24. The fourth-order valence-electron chi connectivity index (χ4n) is 3.44. The van der Waals surface area contributed by atoms with Crippen LogP contribution in [0.2, 0.25) is 0 Å². The number of hydrogen-bond donors (Lipinski definition) is 0. The molecule has 6 nitrogen and oxygen atoms in total. The van der Waals surface area contributed by atoms with E-state index in [1.54, 1.807) is 13.2 Å². The molecule has 0 amide bonds. The van der Waals surface area contributed by atoms with Crippen molar-refractivity contribution in [2.24, 2.45) is 0 Å². The maximum absolute atomic E-state index is 13.4. The minimum absolute atomic E-state index is 0.326. The lowest BCUT2D eigenvalue weighted by molar-refractivity contribution is 0.310. The predicted octanol–water partition coefficient (Wildman–Crippen LogP) is 3.50. The number of fused-ring (bicyclic) bond motifs is 1. The number of benzene rings is 2. The van der Waals surface area contributed by atoms with E-state index in [0.29, 0.717) is 23.7 Å².